The van der Waals surface area contributed by atoms with Gasteiger partial charge >= 0.3 is 5.97 Å². The van der Waals surface area contributed by atoms with Gasteiger partial charge in [-0.1, -0.05) is 12.1 Å². The smallest absolute Gasteiger partial charge is 0.310 e. The second-order valence-corrected chi connectivity index (χ2v) is 6.48. The van der Waals surface area contributed by atoms with Crippen molar-refractivity contribution in [2.24, 2.45) is 0 Å². The van der Waals surface area contributed by atoms with Crippen LogP contribution >= 0.6 is 0 Å². The number of fused-ring (bicyclic) bond motifs is 1. The fourth-order valence-corrected chi connectivity index (χ4v) is 3.04. The van der Waals surface area contributed by atoms with Crippen molar-refractivity contribution < 1.29 is 23.5 Å². The summed E-state index contributed by atoms with van der Waals surface area (Å²) in [6.07, 6.45) is 1.61. The van der Waals surface area contributed by atoms with Gasteiger partial charge in [-0.3, -0.25) is 14.4 Å². The summed E-state index contributed by atoms with van der Waals surface area (Å²) in [6, 6.07) is 5.78. The minimum absolute atomic E-state index is 0.00561. The summed E-state index contributed by atoms with van der Waals surface area (Å²) in [5.74, 6) is -0.704. The first-order chi connectivity index (χ1) is 12.4. The van der Waals surface area contributed by atoms with Gasteiger partial charge in [0.05, 0.1) is 12.7 Å². The fourth-order valence-electron chi connectivity index (χ4n) is 3.04. The lowest BCUT2D eigenvalue weighted by molar-refractivity contribution is -0.152. The van der Waals surface area contributed by atoms with Crippen molar-refractivity contribution in [1.29, 1.82) is 0 Å². The average molecular weight is 358 g/mol. The van der Waals surface area contributed by atoms with Crippen molar-refractivity contribution in [2.75, 3.05) is 32.8 Å². The van der Waals surface area contributed by atoms with Gasteiger partial charge in [0.2, 0.25) is 5.91 Å². The number of aryl methyl sites for hydroxylation is 1. The van der Waals surface area contributed by atoms with Crippen LogP contribution in [0.15, 0.2) is 28.9 Å². The summed E-state index contributed by atoms with van der Waals surface area (Å²) < 4.78 is 10.6. The number of esters is 1. The molecule has 1 saturated heterocycles. The van der Waals surface area contributed by atoms with E-state index in [1.165, 1.54) is 6.92 Å². The molecule has 1 aromatic heterocycles. The zero-order chi connectivity index (χ0) is 18.7. The maximum Gasteiger partial charge on any atom is 0.310 e. The molecule has 7 heteroatoms. The highest BCUT2D eigenvalue weighted by atomic mass is 16.5. The standard InChI is InChI=1S/C19H22N2O5/c1-13-3-4-16-15(11-25-17(16)9-13)10-19(24)26-12-18(23)21-7-5-20(6-8-21)14(2)22/h3-4,9,11H,5-8,10,12H2,1-2H3. The third-order valence-electron chi connectivity index (χ3n) is 4.58. The molecule has 2 amide bonds. The van der Waals surface area contributed by atoms with E-state index in [-0.39, 0.29) is 24.8 Å². The van der Waals surface area contributed by atoms with E-state index in [4.69, 9.17) is 9.15 Å². The van der Waals surface area contributed by atoms with Crippen molar-refractivity contribution in [3.8, 4) is 0 Å². The van der Waals surface area contributed by atoms with Gasteiger partial charge in [-0.25, -0.2) is 0 Å². The molecule has 0 radical (unpaired) electrons. The highest BCUT2D eigenvalue weighted by molar-refractivity contribution is 5.87. The van der Waals surface area contributed by atoms with Crippen LogP contribution in [0.5, 0.6) is 0 Å². The lowest BCUT2D eigenvalue weighted by Crippen LogP contribution is -2.51. The first-order valence-electron chi connectivity index (χ1n) is 8.59. The molecule has 0 N–H and O–H groups in total. The van der Waals surface area contributed by atoms with Gasteiger partial charge in [0.1, 0.15) is 5.58 Å². The number of amides is 2. The van der Waals surface area contributed by atoms with Gasteiger partial charge in [-0.05, 0) is 18.6 Å². The van der Waals surface area contributed by atoms with Crippen LogP contribution in [0, 0.1) is 6.92 Å². The third-order valence-corrected chi connectivity index (χ3v) is 4.58. The number of piperazine rings is 1. The summed E-state index contributed by atoms with van der Waals surface area (Å²) >= 11 is 0. The normalized spacial score (nSPS) is 14.5. The van der Waals surface area contributed by atoms with E-state index >= 15 is 0 Å². The zero-order valence-corrected chi connectivity index (χ0v) is 15.0. The van der Waals surface area contributed by atoms with Crippen LogP contribution in [-0.2, 0) is 25.5 Å². The number of ether oxygens (including phenoxy) is 1. The van der Waals surface area contributed by atoms with Crippen LogP contribution in [0.25, 0.3) is 11.0 Å². The van der Waals surface area contributed by atoms with Crippen LogP contribution < -0.4 is 0 Å². The van der Waals surface area contributed by atoms with E-state index < -0.39 is 5.97 Å². The zero-order valence-electron chi connectivity index (χ0n) is 15.0. The van der Waals surface area contributed by atoms with Crippen molar-refractivity contribution in [2.45, 2.75) is 20.3 Å². The molecule has 2 heterocycles. The van der Waals surface area contributed by atoms with Crippen LogP contribution in [-0.4, -0.2) is 60.4 Å². The van der Waals surface area contributed by atoms with E-state index in [0.717, 1.165) is 22.1 Å². The summed E-state index contributed by atoms with van der Waals surface area (Å²) in [7, 11) is 0. The van der Waals surface area contributed by atoms with Gasteiger partial charge in [-0.2, -0.15) is 0 Å². The van der Waals surface area contributed by atoms with E-state index in [0.29, 0.717) is 26.2 Å². The van der Waals surface area contributed by atoms with E-state index in [9.17, 15) is 14.4 Å². The molecule has 138 valence electrons. The Balaban J connectivity index is 1.49. The van der Waals surface area contributed by atoms with Crippen LogP contribution in [0.1, 0.15) is 18.1 Å². The quantitative estimate of drug-likeness (QED) is 0.774. The van der Waals surface area contributed by atoms with E-state index in [1.54, 1.807) is 16.1 Å². The Morgan fingerprint density at radius 1 is 1.12 bits per heavy atom. The molecule has 1 aliphatic rings. The predicted molar refractivity (Wildman–Crippen MR) is 94.4 cm³/mol. The third kappa shape index (κ3) is 4.04. The van der Waals surface area contributed by atoms with Crippen molar-refractivity contribution >= 4 is 28.8 Å². The molecule has 1 fully saturated rings. The number of hydrogen-bond donors (Lipinski definition) is 0. The van der Waals surface area contributed by atoms with Gasteiger partial charge in [-0.15, -0.1) is 0 Å². The number of benzene rings is 1. The molecule has 0 unspecified atom stereocenters. The highest BCUT2D eigenvalue weighted by Gasteiger charge is 2.23. The SMILES string of the molecule is CC(=O)N1CCN(C(=O)COC(=O)Cc2coc3cc(C)ccc23)CC1. The second kappa shape index (κ2) is 7.59. The Labute approximate surface area is 151 Å². The number of carbonyl (C=O) groups is 3. The maximum atomic E-state index is 12.2. The van der Waals surface area contributed by atoms with Crippen LogP contribution in [0.3, 0.4) is 0 Å². The largest absolute Gasteiger partial charge is 0.464 e. The van der Waals surface area contributed by atoms with Gasteiger partial charge in [0.25, 0.3) is 5.91 Å². The molecule has 26 heavy (non-hydrogen) atoms. The van der Waals surface area contributed by atoms with Gasteiger partial charge in [0.15, 0.2) is 6.61 Å². The molecule has 0 bridgehead atoms. The topological polar surface area (TPSA) is 80.1 Å². The molecule has 1 aromatic carbocycles. The molecular weight excluding hydrogens is 336 g/mol. The number of nitrogens with zero attached hydrogens (tertiary/aromatic N) is 2. The summed E-state index contributed by atoms with van der Waals surface area (Å²) in [6.45, 7) is 5.14. The van der Waals surface area contributed by atoms with Gasteiger partial charge in [0, 0.05) is 44.1 Å². The minimum atomic E-state index is -0.469. The molecule has 7 nitrogen and oxygen atoms in total. The van der Waals surface area contributed by atoms with E-state index in [1.807, 2.05) is 25.1 Å². The average Bonchev–Trinajstić information content (AvgIpc) is 3.01. The lowest BCUT2D eigenvalue weighted by atomic mass is 10.1. The number of carbonyl (C=O) groups excluding carboxylic acids is 3. The number of rotatable bonds is 4. The molecule has 3 rings (SSSR count). The Morgan fingerprint density at radius 3 is 2.50 bits per heavy atom. The molecule has 0 spiro atoms. The first-order valence-corrected chi connectivity index (χ1v) is 8.59. The van der Waals surface area contributed by atoms with Crippen LogP contribution in [0.2, 0.25) is 0 Å². The molecule has 0 atom stereocenters. The molecule has 0 aliphatic carbocycles. The Morgan fingerprint density at radius 2 is 1.81 bits per heavy atom. The molecule has 1 aliphatic heterocycles. The minimum Gasteiger partial charge on any atom is -0.464 e. The van der Waals surface area contributed by atoms with Crippen LogP contribution in [0.4, 0.5) is 0 Å². The van der Waals surface area contributed by atoms with Gasteiger partial charge < -0.3 is 19.0 Å². The summed E-state index contributed by atoms with van der Waals surface area (Å²) in [5.41, 5.74) is 2.55. The summed E-state index contributed by atoms with van der Waals surface area (Å²) in [4.78, 5) is 38.8. The van der Waals surface area contributed by atoms with Crippen molar-refractivity contribution in [1.82, 2.24) is 9.80 Å². The molecular formula is C19H22N2O5. The highest BCUT2D eigenvalue weighted by Crippen LogP contribution is 2.22. The second-order valence-electron chi connectivity index (χ2n) is 6.48. The Kier molecular flexibility index (Phi) is 5.25. The predicted octanol–water partition coefficient (Wildman–Crippen LogP) is 1.52. The molecule has 2 aromatic rings. The van der Waals surface area contributed by atoms with Crippen molar-refractivity contribution in [3.63, 3.8) is 0 Å². The Hall–Kier alpha value is -2.83. The Bertz CT molecular complexity index is 834. The maximum absolute atomic E-state index is 12.2. The van der Waals surface area contributed by atoms with E-state index in [2.05, 4.69) is 0 Å². The van der Waals surface area contributed by atoms with Crippen molar-refractivity contribution in [3.05, 3.63) is 35.6 Å². The number of furan rings is 1. The first kappa shape index (κ1) is 18.0. The fraction of sp³-hybridized carbons (Fsp3) is 0.421. The summed E-state index contributed by atoms with van der Waals surface area (Å²) in [5, 5.41) is 0.874. The number of hydrogen-bond acceptors (Lipinski definition) is 5. The molecule has 0 saturated carbocycles. The lowest BCUT2D eigenvalue weighted by Gasteiger charge is -2.34. The monoisotopic (exact) mass is 358 g/mol.